The molecule has 0 aliphatic rings. The topological polar surface area (TPSA) is 86.7 Å². The molecule has 2 heterocycles. The summed E-state index contributed by atoms with van der Waals surface area (Å²) < 4.78 is 1.52. The smallest absolute Gasteiger partial charge is 0.276 e. The number of nitrogens with one attached hydrogen (secondary N) is 2. The lowest BCUT2D eigenvalue weighted by Gasteiger charge is -2.02. The number of aryl methyl sites for hydroxylation is 2. The Morgan fingerprint density at radius 1 is 1.29 bits per heavy atom. The molecule has 0 saturated carbocycles. The van der Waals surface area contributed by atoms with Gasteiger partial charge in [-0.3, -0.25) is 15.0 Å². The first-order chi connectivity index (χ1) is 10.0. The summed E-state index contributed by atoms with van der Waals surface area (Å²) in [6.45, 7) is 4.11. The highest BCUT2D eigenvalue weighted by atomic mass is 16.3. The minimum Gasteiger partial charge on any atom is -0.508 e. The van der Waals surface area contributed by atoms with Crippen LogP contribution in [0.1, 0.15) is 17.0 Å². The number of aromatic nitrogens is 4. The highest BCUT2D eigenvalue weighted by molar-refractivity contribution is 5.60. The van der Waals surface area contributed by atoms with Crippen molar-refractivity contribution < 1.29 is 5.11 Å². The van der Waals surface area contributed by atoms with Crippen LogP contribution in [0.4, 0.5) is 0 Å². The molecule has 0 saturated heterocycles. The summed E-state index contributed by atoms with van der Waals surface area (Å²) in [7, 11) is 0. The van der Waals surface area contributed by atoms with E-state index in [9.17, 15) is 9.90 Å². The van der Waals surface area contributed by atoms with Crippen molar-refractivity contribution in [1.82, 2.24) is 20.0 Å². The molecule has 3 aromatic rings. The lowest BCUT2D eigenvalue weighted by Crippen LogP contribution is -2.18. The van der Waals surface area contributed by atoms with Gasteiger partial charge in [-0.05, 0) is 37.6 Å². The summed E-state index contributed by atoms with van der Waals surface area (Å²) in [6.07, 6.45) is 0. The molecule has 0 spiro atoms. The third-order valence-corrected chi connectivity index (χ3v) is 3.35. The zero-order chi connectivity index (χ0) is 15.0. The van der Waals surface area contributed by atoms with Crippen molar-refractivity contribution in [3.8, 4) is 17.0 Å². The quantitative estimate of drug-likeness (QED) is 0.687. The van der Waals surface area contributed by atoms with Crippen LogP contribution in [0.25, 0.3) is 11.3 Å². The molecule has 108 valence electrons. The molecule has 0 fully saturated rings. The number of hydrogen-bond donors (Lipinski definition) is 3. The Hall–Kier alpha value is -2.76. The summed E-state index contributed by atoms with van der Waals surface area (Å²) >= 11 is 0. The number of rotatable bonds is 3. The van der Waals surface area contributed by atoms with Crippen molar-refractivity contribution in [2.75, 3.05) is 0 Å². The van der Waals surface area contributed by atoms with E-state index in [0.29, 0.717) is 17.8 Å². The number of phenolic OH excluding ortho intramolecular Hbond substituents is 1. The van der Waals surface area contributed by atoms with Gasteiger partial charge in [-0.15, -0.1) is 0 Å². The minimum absolute atomic E-state index is 0.123. The van der Waals surface area contributed by atoms with Gasteiger partial charge in [-0.2, -0.15) is 5.10 Å². The zero-order valence-electron chi connectivity index (χ0n) is 11.8. The van der Waals surface area contributed by atoms with Gasteiger partial charge >= 0.3 is 0 Å². The van der Waals surface area contributed by atoms with E-state index in [4.69, 9.17) is 0 Å². The number of benzene rings is 1. The largest absolute Gasteiger partial charge is 0.508 e. The summed E-state index contributed by atoms with van der Waals surface area (Å²) in [5.41, 5.74) is 3.61. The molecule has 0 radical (unpaired) electrons. The molecule has 3 N–H and O–H groups in total. The second kappa shape index (κ2) is 4.97. The van der Waals surface area contributed by atoms with Gasteiger partial charge < -0.3 is 5.11 Å². The third kappa shape index (κ3) is 2.47. The fourth-order valence-corrected chi connectivity index (χ4v) is 2.40. The van der Waals surface area contributed by atoms with E-state index in [-0.39, 0.29) is 11.3 Å². The zero-order valence-corrected chi connectivity index (χ0v) is 11.8. The molecule has 1 aromatic carbocycles. The Morgan fingerprint density at radius 2 is 2.10 bits per heavy atom. The Bertz CT molecular complexity index is 841. The van der Waals surface area contributed by atoms with Gasteiger partial charge in [0.1, 0.15) is 5.75 Å². The summed E-state index contributed by atoms with van der Waals surface area (Å²) in [4.78, 5) is 12.5. The molecule has 3 rings (SSSR count). The number of H-pyrrole nitrogens is 2. The van der Waals surface area contributed by atoms with Gasteiger partial charge in [-0.25, -0.2) is 4.68 Å². The molecule has 0 amide bonds. The molecule has 6 heteroatoms. The van der Waals surface area contributed by atoms with Gasteiger partial charge in [0.15, 0.2) is 0 Å². The fourth-order valence-electron chi connectivity index (χ4n) is 2.40. The molecule has 21 heavy (non-hydrogen) atoms. The predicted octanol–water partition coefficient (Wildman–Crippen LogP) is 1.94. The lowest BCUT2D eigenvalue weighted by molar-refractivity contribution is 0.474. The fraction of sp³-hybridized carbons (Fsp3) is 0.200. The van der Waals surface area contributed by atoms with Crippen LogP contribution in [0.2, 0.25) is 0 Å². The van der Waals surface area contributed by atoms with E-state index >= 15 is 0 Å². The number of nitrogens with zero attached hydrogens (tertiary/aromatic N) is 2. The maximum atomic E-state index is 12.5. The number of hydrogen-bond acceptors (Lipinski definition) is 3. The van der Waals surface area contributed by atoms with Crippen LogP contribution in [0.15, 0.2) is 35.1 Å². The Balaban J connectivity index is 2.00. The van der Waals surface area contributed by atoms with Gasteiger partial charge in [0.05, 0.1) is 17.8 Å². The predicted molar refractivity (Wildman–Crippen MR) is 79.3 cm³/mol. The summed E-state index contributed by atoms with van der Waals surface area (Å²) in [6, 6.07) is 8.70. The average molecular weight is 284 g/mol. The Labute approximate surface area is 121 Å². The number of aromatic hydroxyl groups is 1. The van der Waals surface area contributed by atoms with E-state index in [1.807, 2.05) is 26.0 Å². The molecule has 0 atom stereocenters. The highest BCUT2D eigenvalue weighted by Crippen LogP contribution is 2.17. The van der Waals surface area contributed by atoms with Crippen molar-refractivity contribution in [2.45, 2.75) is 20.4 Å². The first-order valence-electron chi connectivity index (χ1n) is 6.64. The van der Waals surface area contributed by atoms with E-state index in [1.54, 1.807) is 18.2 Å². The maximum absolute atomic E-state index is 12.5. The van der Waals surface area contributed by atoms with Gasteiger partial charge in [-0.1, -0.05) is 12.1 Å². The third-order valence-electron chi connectivity index (χ3n) is 3.35. The number of aromatic amines is 2. The van der Waals surface area contributed by atoms with E-state index < -0.39 is 0 Å². The van der Waals surface area contributed by atoms with Crippen molar-refractivity contribution >= 4 is 0 Å². The molecule has 0 aliphatic carbocycles. The van der Waals surface area contributed by atoms with Crippen molar-refractivity contribution in [2.24, 2.45) is 0 Å². The van der Waals surface area contributed by atoms with E-state index in [2.05, 4.69) is 15.3 Å². The SMILES string of the molecule is Cc1cc(-c2c(C)[nH]n(Cc3cccc(O)c3)c2=O)n[nH]1. The first kappa shape index (κ1) is 13.2. The summed E-state index contributed by atoms with van der Waals surface area (Å²) in [5.74, 6) is 0.187. The molecule has 0 aliphatic heterocycles. The Kier molecular flexibility index (Phi) is 3.13. The maximum Gasteiger partial charge on any atom is 0.276 e. The van der Waals surface area contributed by atoms with Crippen LogP contribution in [0.5, 0.6) is 5.75 Å². The first-order valence-corrected chi connectivity index (χ1v) is 6.64. The molecular formula is C15H16N4O2. The van der Waals surface area contributed by atoms with Crippen LogP contribution in [-0.2, 0) is 6.54 Å². The van der Waals surface area contributed by atoms with Gasteiger partial charge in [0.2, 0.25) is 0 Å². The Morgan fingerprint density at radius 3 is 2.76 bits per heavy atom. The lowest BCUT2D eigenvalue weighted by atomic mass is 10.2. The minimum atomic E-state index is -0.123. The molecule has 0 bridgehead atoms. The van der Waals surface area contributed by atoms with E-state index in [0.717, 1.165) is 17.0 Å². The normalized spacial score (nSPS) is 11.0. The van der Waals surface area contributed by atoms with Crippen LogP contribution in [0, 0.1) is 13.8 Å². The van der Waals surface area contributed by atoms with Crippen molar-refractivity contribution in [3.05, 3.63) is 57.6 Å². The monoisotopic (exact) mass is 284 g/mol. The van der Waals surface area contributed by atoms with Crippen molar-refractivity contribution in [1.29, 1.82) is 0 Å². The van der Waals surface area contributed by atoms with E-state index in [1.165, 1.54) is 4.68 Å². The van der Waals surface area contributed by atoms with Crippen molar-refractivity contribution in [3.63, 3.8) is 0 Å². The average Bonchev–Trinajstić information content (AvgIpc) is 2.94. The van der Waals surface area contributed by atoms with Gasteiger partial charge in [0, 0.05) is 11.4 Å². The molecule has 0 unspecified atom stereocenters. The number of phenols is 1. The van der Waals surface area contributed by atoms with Crippen LogP contribution in [-0.4, -0.2) is 25.1 Å². The van der Waals surface area contributed by atoms with Crippen LogP contribution < -0.4 is 5.56 Å². The molecule has 6 nitrogen and oxygen atoms in total. The highest BCUT2D eigenvalue weighted by Gasteiger charge is 2.15. The summed E-state index contributed by atoms with van der Waals surface area (Å²) in [5, 5.41) is 19.5. The molecule has 2 aromatic heterocycles. The van der Waals surface area contributed by atoms with Gasteiger partial charge in [0.25, 0.3) is 5.56 Å². The second-order valence-corrected chi connectivity index (χ2v) is 5.11. The molecular weight excluding hydrogens is 268 g/mol. The second-order valence-electron chi connectivity index (χ2n) is 5.11. The van der Waals surface area contributed by atoms with Crippen LogP contribution in [0.3, 0.4) is 0 Å². The van der Waals surface area contributed by atoms with Crippen LogP contribution >= 0.6 is 0 Å². The standard InChI is InChI=1S/C15H16N4O2/c1-9-6-13(17-16-9)14-10(2)18-19(15(14)21)8-11-4-3-5-12(20)7-11/h3-7,18,20H,8H2,1-2H3,(H,16,17).